The van der Waals surface area contributed by atoms with Crippen LogP contribution in [0.1, 0.15) is 49.2 Å². The quantitative estimate of drug-likeness (QED) is 0.445. The van der Waals surface area contributed by atoms with Crippen LogP contribution < -0.4 is 5.32 Å². The lowest BCUT2D eigenvalue weighted by Gasteiger charge is -2.18. The lowest BCUT2D eigenvalue weighted by atomic mass is 10.1. The molecule has 0 aliphatic heterocycles. The molecule has 3 rings (SSSR count). The SMILES string of the molecule is CCN(CC)Cc1cccc(CNC(=O)CCCCc2nc3ccccc3s2)c1. The van der Waals surface area contributed by atoms with E-state index in [4.69, 9.17) is 0 Å². The molecule has 4 nitrogen and oxygen atoms in total. The fraction of sp³-hybridized carbons (Fsp3) is 0.417. The molecule has 1 heterocycles. The summed E-state index contributed by atoms with van der Waals surface area (Å²) in [4.78, 5) is 19.2. The van der Waals surface area contributed by atoms with Crippen LogP contribution >= 0.6 is 11.3 Å². The topological polar surface area (TPSA) is 45.2 Å². The molecule has 3 aromatic rings. The lowest BCUT2D eigenvalue weighted by Crippen LogP contribution is -2.23. The second-order valence-corrected chi connectivity index (χ2v) is 8.46. The number of hydrogen-bond donors (Lipinski definition) is 1. The molecule has 0 fully saturated rings. The fourth-order valence-electron chi connectivity index (χ4n) is 3.42. The summed E-state index contributed by atoms with van der Waals surface area (Å²) in [5, 5.41) is 4.23. The number of amides is 1. The summed E-state index contributed by atoms with van der Waals surface area (Å²) in [6.07, 6.45) is 3.40. The number of aryl methyl sites for hydroxylation is 1. The summed E-state index contributed by atoms with van der Waals surface area (Å²) in [5.74, 6) is 0.128. The normalized spacial score (nSPS) is 11.3. The van der Waals surface area contributed by atoms with Crippen LogP contribution in [0.4, 0.5) is 0 Å². The number of para-hydroxylation sites is 1. The average Bonchev–Trinajstić information content (AvgIpc) is 3.17. The molecule has 1 N–H and O–H groups in total. The molecule has 154 valence electrons. The van der Waals surface area contributed by atoms with E-state index in [1.54, 1.807) is 11.3 Å². The molecule has 0 aliphatic rings. The molecule has 0 saturated heterocycles. The zero-order valence-electron chi connectivity index (χ0n) is 17.5. The number of fused-ring (bicyclic) bond motifs is 1. The minimum absolute atomic E-state index is 0.128. The highest BCUT2D eigenvalue weighted by molar-refractivity contribution is 7.18. The number of hydrogen-bond acceptors (Lipinski definition) is 4. The third-order valence-corrected chi connectivity index (χ3v) is 6.26. The van der Waals surface area contributed by atoms with Crippen LogP contribution in [0.25, 0.3) is 10.2 Å². The molecular formula is C24H31N3OS. The second-order valence-electron chi connectivity index (χ2n) is 7.34. The number of carbonyl (C=O) groups is 1. The van der Waals surface area contributed by atoms with Gasteiger partial charge in [0.15, 0.2) is 0 Å². The van der Waals surface area contributed by atoms with E-state index in [2.05, 4.69) is 65.4 Å². The van der Waals surface area contributed by atoms with Gasteiger partial charge < -0.3 is 5.32 Å². The molecule has 0 spiro atoms. The van der Waals surface area contributed by atoms with Gasteiger partial charge in [0.05, 0.1) is 15.2 Å². The first-order valence-electron chi connectivity index (χ1n) is 10.6. The zero-order chi connectivity index (χ0) is 20.5. The van der Waals surface area contributed by atoms with Crippen LogP contribution in [0.15, 0.2) is 48.5 Å². The van der Waals surface area contributed by atoms with Gasteiger partial charge in [-0.15, -0.1) is 11.3 Å². The van der Waals surface area contributed by atoms with Gasteiger partial charge in [-0.2, -0.15) is 0 Å². The van der Waals surface area contributed by atoms with Gasteiger partial charge in [0.2, 0.25) is 5.91 Å². The monoisotopic (exact) mass is 409 g/mol. The number of carbonyl (C=O) groups excluding carboxylic acids is 1. The van der Waals surface area contributed by atoms with Crippen molar-refractivity contribution in [1.82, 2.24) is 15.2 Å². The summed E-state index contributed by atoms with van der Waals surface area (Å²) in [5.41, 5.74) is 3.54. The molecule has 0 unspecified atom stereocenters. The van der Waals surface area contributed by atoms with Crippen molar-refractivity contribution in [3.8, 4) is 0 Å². The Hall–Kier alpha value is -2.24. The fourth-order valence-corrected chi connectivity index (χ4v) is 4.43. The zero-order valence-corrected chi connectivity index (χ0v) is 18.3. The maximum Gasteiger partial charge on any atom is 0.220 e. The van der Waals surface area contributed by atoms with E-state index < -0.39 is 0 Å². The minimum Gasteiger partial charge on any atom is -0.352 e. The Balaban J connectivity index is 1.37. The van der Waals surface area contributed by atoms with Gasteiger partial charge in [0, 0.05) is 19.5 Å². The maximum absolute atomic E-state index is 12.2. The van der Waals surface area contributed by atoms with E-state index in [-0.39, 0.29) is 5.91 Å². The Morgan fingerprint density at radius 2 is 1.83 bits per heavy atom. The van der Waals surface area contributed by atoms with E-state index in [0.717, 1.165) is 55.0 Å². The second kappa shape index (κ2) is 11.1. The molecular weight excluding hydrogens is 378 g/mol. The van der Waals surface area contributed by atoms with Crippen LogP contribution in [0.3, 0.4) is 0 Å². The molecule has 0 saturated carbocycles. The smallest absolute Gasteiger partial charge is 0.220 e. The number of aromatic nitrogens is 1. The van der Waals surface area contributed by atoms with Crippen molar-refractivity contribution < 1.29 is 4.79 Å². The maximum atomic E-state index is 12.2. The third kappa shape index (κ3) is 6.65. The molecule has 0 aliphatic carbocycles. The molecule has 0 radical (unpaired) electrons. The predicted molar refractivity (Wildman–Crippen MR) is 122 cm³/mol. The Morgan fingerprint density at radius 3 is 2.62 bits per heavy atom. The highest BCUT2D eigenvalue weighted by atomic mass is 32.1. The largest absolute Gasteiger partial charge is 0.352 e. The van der Waals surface area contributed by atoms with Crippen molar-refractivity contribution in [2.75, 3.05) is 13.1 Å². The van der Waals surface area contributed by atoms with Crippen molar-refractivity contribution in [1.29, 1.82) is 0 Å². The van der Waals surface area contributed by atoms with E-state index in [9.17, 15) is 4.79 Å². The molecule has 0 atom stereocenters. The number of unbranched alkanes of at least 4 members (excludes halogenated alkanes) is 1. The van der Waals surface area contributed by atoms with Crippen molar-refractivity contribution in [3.63, 3.8) is 0 Å². The first-order chi connectivity index (χ1) is 14.2. The third-order valence-electron chi connectivity index (χ3n) is 5.16. The number of nitrogens with one attached hydrogen (secondary N) is 1. The molecule has 1 amide bonds. The van der Waals surface area contributed by atoms with Gasteiger partial charge in [-0.3, -0.25) is 9.69 Å². The highest BCUT2D eigenvalue weighted by Crippen LogP contribution is 2.22. The Morgan fingerprint density at radius 1 is 1.03 bits per heavy atom. The highest BCUT2D eigenvalue weighted by Gasteiger charge is 2.06. The van der Waals surface area contributed by atoms with Gasteiger partial charge in [0.1, 0.15) is 0 Å². The van der Waals surface area contributed by atoms with E-state index >= 15 is 0 Å². The van der Waals surface area contributed by atoms with Gasteiger partial charge in [0.25, 0.3) is 0 Å². The molecule has 0 bridgehead atoms. The van der Waals surface area contributed by atoms with Crippen molar-refractivity contribution in [2.24, 2.45) is 0 Å². The van der Waals surface area contributed by atoms with Crippen molar-refractivity contribution >= 4 is 27.5 Å². The van der Waals surface area contributed by atoms with Gasteiger partial charge in [-0.1, -0.05) is 50.2 Å². The first kappa shape index (κ1) is 21.5. The predicted octanol–water partition coefficient (Wildman–Crippen LogP) is 5.17. The van der Waals surface area contributed by atoms with E-state index in [1.807, 2.05) is 12.1 Å². The lowest BCUT2D eigenvalue weighted by molar-refractivity contribution is -0.121. The Bertz CT molecular complexity index is 884. The van der Waals surface area contributed by atoms with Gasteiger partial charge >= 0.3 is 0 Å². The van der Waals surface area contributed by atoms with Gasteiger partial charge in [-0.05, 0) is 55.6 Å². The van der Waals surface area contributed by atoms with Crippen molar-refractivity contribution in [3.05, 3.63) is 64.7 Å². The van der Waals surface area contributed by atoms with Crippen LogP contribution in [0.5, 0.6) is 0 Å². The summed E-state index contributed by atoms with van der Waals surface area (Å²) >= 11 is 1.76. The first-order valence-corrected chi connectivity index (χ1v) is 11.4. The molecule has 1 aromatic heterocycles. The van der Waals surface area contributed by atoms with E-state index in [0.29, 0.717) is 13.0 Å². The molecule has 29 heavy (non-hydrogen) atoms. The summed E-state index contributed by atoms with van der Waals surface area (Å²) in [6.45, 7) is 8.03. The average molecular weight is 410 g/mol. The van der Waals surface area contributed by atoms with Crippen molar-refractivity contribution in [2.45, 2.75) is 52.6 Å². The van der Waals surface area contributed by atoms with E-state index in [1.165, 1.54) is 10.3 Å². The molecule has 5 heteroatoms. The minimum atomic E-state index is 0.128. The Kier molecular flexibility index (Phi) is 8.20. The van der Waals surface area contributed by atoms with Crippen LogP contribution in [-0.4, -0.2) is 28.9 Å². The number of rotatable bonds is 11. The summed E-state index contributed by atoms with van der Waals surface area (Å²) < 4.78 is 1.24. The number of nitrogens with zero attached hydrogens (tertiary/aromatic N) is 2. The van der Waals surface area contributed by atoms with Crippen LogP contribution in [-0.2, 0) is 24.3 Å². The number of benzene rings is 2. The number of thiazole rings is 1. The van der Waals surface area contributed by atoms with Gasteiger partial charge in [-0.25, -0.2) is 4.98 Å². The Labute approximate surface area is 178 Å². The summed E-state index contributed by atoms with van der Waals surface area (Å²) in [7, 11) is 0. The standard InChI is InChI=1S/C24H31N3OS/c1-3-27(4-2)18-20-11-9-10-19(16-20)17-25-23(28)14-7-8-15-24-26-21-12-5-6-13-22(21)29-24/h5-6,9-13,16H,3-4,7-8,14-15,17-18H2,1-2H3,(H,25,28). The molecule has 2 aromatic carbocycles. The van der Waals surface area contributed by atoms with Crippen LogP contribution in [0.2, 0.25) is 0 Å². The summed E-state index contributed by atoms with van der Waals surface area (Å²) in [6, 6.07) is 16.8. The van der Waals surface area contributed by atoms with Crippen LogP contribution in [0, 0.1) is 0 Å².